The Balaban J connectivity index is 1.85. The summed E-state index contributed by atoms with van der Waals surface area (Å²) in [5.74, 6) is 0.877. The minimum Gasteiger partial charge on any atom is -0.508 e. The quantitative estimate of drug-likeness (QED) is 0.714. The van der Waals surface area contributed by atoms with E-state index in [2.05, 4.69) is 25.7 Å². The van der Waals surface area contributed by atoms with Crippen molar-refractivity contribution in [3.63, 3.8) is 0 Å². The first kappa shape index (κ1) is 10.4. The van der Waals surface area contributed by atoms with E-state index in [0.29, 0.717) is 23.9 Å². The molecule has 0 aliphatic carbocycles. The predicted octanol–water partition coefficient (Wildman–Crippen LogP) is 0.477. The van der Waals surface area contributed by atoms with Crippen LogP contribution in [0.25, 0.3) is 11.5 Å². The minimum absolute atomic E-state index is 0.146. The molecular formula is C10H8N6O2. The van der Waals surface area contributed by atoms with E-state index >= 15 is 0 Å². The Hall–Kier alpha value is -2.77. The number of phenolic OH excluding ortho intramolecular Hbond substituents is 1. The van der Waals surface area contributed by atoms with E-state index in [1.54, 1.807) is 24.3 Å². The molecule has 0 unspecified atom stereocenters. The fourth-order valence-corrected chi connectivity index (χ4v) is 1.46. The fourth-order valence-electron chi connectivity index (χ4n) is 1.46. The van der Waals surface area contributed by atoms with Crippen molar-refractivity contribution in [2.45, 2.75) is 6.54 Å². The van der Waals surface area contributed by atoms with Crippen LogP contribution in [0.2, 0.25) is 0 Å². The topological polar surface area (TPSA) is 103 Å². The van der Waals surface area contributed by atoms with Gasteiger partial charge >= 0.3 is 0 Å². The van der Waals surface area contributed by atoms with E-state index in [-0.39, 0.29) is 5.75 Å². The molecule has 3 rings (SSSR count). The second-order valence-corrected chi connectivity index (χ2v) is 3.56. The first-order valence-corrected chi connectivity index (χ1v) is 5.14. The fraction of sp³-hybridized carbons (Fsp3) is 0.100. The van der Waals surface area contributed by atoms with E-state index in [9.17, 15) is 5.11 Å². The summed E-state index contributed by atoms with van der Waals surface area (Å²) < 4.78 is 6.92. The summed E-state index contributed by atoms with van der Waals surface area (Å²) in [6.07, 6.45) is 1.46. The van der Waals surface area contributed by atoms with Crippen molar-refractivity contribution in [1.29, 1.82) is 0 Å². The number of hydrogen-bond donors (Lipinski definition) is 1. The molecule has 0 saturated carbocycles. The molecule has 0 spiro atoms. The van der Waals surface area contributed by atoms with Crippen molar-refractivity contribution in [1.82, 2.24) is 30.4 Å². The summed E-state index contributed by atoms with van der Waals surface area (Å²) in [5, 5.41) is 27.9. The molecule has 1 aromatic carbocycles. The lowest BCUT2D eigenvalue weighted by Gasteiger charge is -1.95. The number of nitrogens with zero attached hydrogens (tertiary/aromatic N) is 6. The lowest BCUT2D eigenvalue weighted by molar-refractivity contribution is 0.465. The number of tetrazole rings is 1. The van der Waals surface area contributed by atoms with Crippen LogP contribution in [0.1, 0.15) is 5.89 Å². The number of aromatic hydroxyl groups is 1. The van der Waals surface area contributed by atoms with E-state index in [1.165, 1.54) is 11.0 Å². The summed E-state index contributed by atoms with van der Waals surface area (Å²) in [5.41, 5.74) is 0.658. The number of rotatable bonds is 3. The molecule has 0 bridgehead atoms. The van der Waals surface area contributed by atoms with Gasteiger partial charge in [0.25, 0.3) is 0 Å². The molecule has 0 aliphatic heterocycles. The molecule has 8 heteroatoms. The van der Waals surface area contributed by atoms with Gasteiger partial charge in [0.1, 0.15) is 18.6 Å². The van der Waals surface area contributed by atoms with Gasteiger partial charge in [0.15, 0.2) is 0 Å². The molecule has 2 aromatic heterocycles. The summed E-state index contributed by atoms with van der Waals surface area (Å²) >= 11 is 0. The third-order valence-corrected chi connectivity index (χ3v) is 2.25. The highest BCUT2D eigenvalue weighted by Crippen LogP contribution is 2.21. The van der Waals surface area contributed by atoms with Crippen LogP contribution in [-0.4, -0.2) is 35.5 Å². The molecule has 0 fully saturated rings. The van der Waals surface area contributed by atoms with Gasteiger partial charge < -0.3 is 9.52 Å². The highest BCUT2D eigenvalue weighted by Gasteiger charge is 2.09. The van der Waals surface area contributed by atoms with Gasteiger partial charge in [-0.25, -0.2) is 4.68 Å². The Morgan fingerprint density at radius 1 is 1.28 bits per heavy atom. The molecule has 18 heavy (non-hydrogen) atoms. The van der Waals surface area contributed by atoms with Gasteiger partial charge in [0.05, 0.1) is 0 Å². The largest absolute Gasteiger partial charge is 0.508 e. The van der Waals surface area contributed by atoms with Crippen LogP contribution < -0.4 is 0 Å². The van der Waals surface area contributed by atoms with E-state index < -0.39 is 0 Å². The molecule has 0 aliphatic rings. The molecule has 90 valence electrons. The van der Waals surface area contributed by atoms with Gasteiger partial charge in [0.2, 0.25) is 11.8 Å². The second kappa shape index (κ2) is 4.24. The van der Waals surface area contributed by atoms with Crippen molar-refractivity contribution < 1.29 is 9.52 Å². The molecular weight excluding hydrogens is 236 g/mol. The van der Waals surface area contributed by atoms with E-state index in [4.69, 9.17) is 4.42 Å². The maximum absolute atomic E-state index is 9.37. The Labute approximate surface area is 101 Å². The van der Waals surface area contributed by atoms with Crippen LogP contribution in [0.4, 0.5) is 0 Å². The average Bonchev–Trinajstić information content (AvgIpc) is 3.01. The van der Waals surface area contributed by atoms with Crippen LogP contribution in [0.15, 0.2) is 35.0 Å². The third kappa shape index (κ3) is 2.03. The highest BCUT2D eigenvalue weighted by molar-refractivity contribution is 5.54. The van der Waals surface area contributed by atoms with Crippen LogP contribution in [0.5, 0.6) is 5.75 Å². The zero-order chi connectivity index (χ0) is 12.4. The van der Waals surface area contributed by atoms with Gasteiger partial charge in [0, 0.05) is 5.56 Å². The maximum atomic E-state index is 9.37. The number of hydrogen-bond acceptors (Lipinski definition) is 7. The first-order valence-electron chi connectivity index (χ1n) is 5.14. The summed E-state index contributed by atoms with van der Waals surface area (Å²) in [4.78, 5) is 0. The van der Waals surface area contributed by atoms with E-state index in [1.807, 2.05) is 0 Å². The molecule has 0 radical (unpaired) electrons. The monoisotopic (exact) mass is 244 g/mol. The summed E-state index contributed by atoms with van der Waals surface area (Å²) in [6, 6.07) is 6.60. The minimum atomic E-state index is 0.146. The van der Waals surface area contributed by atoms with Crippen molar-refractivity contribution in [3.05, 3.63) is 36.5 Å². The Bertz CT molecular complexity index is 648. The van der Waals surface area contributed by atoms with Crippen molar-refractivity contribution >= 4 is 0 Å². The number of benzene rings is 1. The smallest absolute Gasteiger partial charge is 0.247 e. The highest BCUT2D eigenvalue weighted by atomic mass is 16.4. The Morgan fingerprint density at radius 2 is 2.22 bits per heavy atom. The van der Waals surface area contributed by atoms with Crippen molar-refractivity contribution in [2.24, 2.45) is 0 Å². The third-order valence-electron chi connectivity index (χ3n) is 2.25. The van der Waals surface area contributed by atoms with Crippen LogP contribution in [0, 0.1) is 0 Å². The SMILES string of the molecule is Oc1cccc(-c2nnc(Cn3cnnn3)o2)c1. The lowest BCUT2D eigenvalue weighted by atomic mass is 10.2. The normalized spacial score (nSPS) is 10.7. The zero-order valence-corrected chi connectivity index (χ0v) is 9.13. The van der Waals surface area contributed by atoms with Gasteiger partial charge in [-0.2, -0.15) is 0 Å². The maximum Gasteiger partial charge on any atom is 0.247 e. The molecule has 2 heterocycles. The van der Waals surface area contributed by atoms with Gasteiger partial charge in [-0.05, 0) is 28.6 Å². The first-order chi connectivity index (χ1) is 8.81. The Morgan fingerprint density at radius 3 is 3.00 bits per heavy atom. The van der Waals surface area contributed by atoms with Gasteiger partial charge in [-0.1, -0.05) is 6.07 Å². The lowest BCUT2D eigenvalue weighted by Crippen LogP contribution is -2.00. The van der Waals surface area contributed by atoms with Gasteiger partial charge in [-0.3, -0.25) is 0 Å². The average molecular weight is 244 g/mol. The van der Waals surface area contributed by atoms with Crippen LogP contribution >= 0.6 is 0 Å². The summed E-state index contributed by atoms with van der Waals surface area (Å²) in [6.45, 7) is 0.304. The molecule has 1 N–H and O–H groups in total. The Kier molecular flexibility index (Phi) is 2.45. The van der Waals surface area contributed by atoms with Crippen molar-refractivity contribution in [3.8, 4) is 17.2 Å². The number of phenols is 1. The second-order valence-electron chi connectivity index (χ2n) is 3.56. The summed E-state index contributed by atoms with van der Waals surface area (Å²) in [7, 11) is 0. The molecule has 0 amide bonds. The van der Waals surface area contributed by atoms with Gasteiger partial charge in [-0.15, -0.1) is 15.3 Å². The van der Waals surface area contributed by atoms with Crippen molar-refractivity contribution in [2.75, 3.05) is 0 Å². The predicted molar refractivity (Wildman–Crippen MR) is 58.3 cm³/mol. The molecule has 0 saturated heterocycles. The molecule has 8 nitrogen and oxygen atoms in total. The van der Waals surface area contributed by atoms with E-state index in [0.717, 1.165) is 0 Å². The molecule has 0 atom stereocenters. The zero-order valence-electron chi connectivity index (χ0n) is 9.13. The standard InChI is InChI=1S/C10H8N6O2/c17-8-3-1-2-7(4-8)10-13-12-9(18-10)5-16-6-11-14-15-16/h1-4,6,17H,5H2. The van der Waals surface area contributed by atoms with Crippen LogP contribution in [0.3, 0.4) is 0 Å². The molecule has 3 aromatic rings. The van der Waals surface area contributed by atoms with Crippen LogP contribution in [-0.2, 0) is 6.54 Å². The number of aromatic nitrogens is 6.